The number of benzene rings is 1. The van der Waals surface area contributed by atoms with E-state index in [0.29, 0.717) is 42.9 Å². The number of nitrogens with zero attached hydrogens (tertiary/aromatic N) is 1. The first kappa shape index (κ1) is 25.1. The quantitative estimate of drug-likeness (QED) is 0.233. The molecule has 0 aliphatic carbocycles. The molecule has 0 amide bonds. The highest BCUT2D eigenvalue weighted by molar-refractivity contribution is 6.00. The molecule has 0 spiro atoms. The fourth-order valence-corrected chi connectivity index (χ4v) is 4.29. The van der Waals surface area contributed by atoms with Crippen molar-refractivity contribution in [3.8, 4) is 5.75 Å². The van der Waals surface area contributed by atoms with Crippen molar-refractivity contribution in [3.63, 3.8) is 0 Å². The number of nitrogens with two attached hydrogens (primary N) is 1. The molecule has 2 aliphatic heterocycles. The Morgan fingerprint density at radius 3 is 2.70 bits per heavy atom. The Morgan fingerprint density at radius 1 is 1.21 bits per heavy atom. The molecule has 0 aromatic heterocycles. The van der Waals surface area contributed by atoms with Gasteiger partial charge in [0.2, 0.25) is 0 Å². The molecule has 0 unspecified atom stereocenters. The van der Waals surface area contributed by atoms with E-state index in [1.165, 1.54) is 0 Å². The lowest BCUT2D eigenvalue weighted by atomic mass is 9.94. The van der Waals surface area contributed by atoms with Crippen LogP contribution in [0.15, 0.2) is 11.6 Å². The van der Waals surface area contributed by atoms with E-state index in [0.717, 1.165) is 68.0 Å². The summed E-state index contributed by atoms with van der Waals surface area (Å²) in [4.78, 5) is 26.6. The second-order valence-corrected chi connectivity index (χ2v) is 8.62. The van der Waals surface area contributed by atoms with Gasteiger partial charge in [-0.1, -0.05) is 11.6 Å². The van der Waals surface area contributed by atoms with Gasteiger partial charge in [-0.25, -0.2) is 4.79 Å². The van der Waals surface area contributed by atoms with Crippen molar-refractivity contribution >= 4 is 17.6 Å². The van der Waals surface area contributed by atoms with Gasteiger partial charge in [0.15, 0.2) is 0 Å². The lowest BCUT2D eigenvalue weighted by Crippen LogP contribution is -2.36. The Bertz CT molecular complexity index is 890. The minimum absolute atomic E-state index is 0.178. The van der Waals surface area contributed by atoms with Gasteiger partial charge < -0.3 is 24.7 Å². The molecule has 182 valence electrons. The number of esters is 2. The maximum absolute atomic E-state index is 12.1. The number of allylic oxidation sites excluding steroid dienone is 2. The molecule has 8 heteroatoms. The molecule has 0 bridgehead atoms. The lowest BCUT2D eigenvalue weighted by Gasteiger charge is -2.26. The molecule has 1 aromatic carbocycles. The van der Waals surface area contributed by atoms with Crippen molar-refractivity contribution in [1.29, 1.82) is 0 Å². The van der Waals surface area contributed by atoms with E-state index in [2.05, 4.69) is 4.90 Å². The number of methoxy groups -OCH3 is 1. The van der Waals surface area contributed by atoms with Crippen LogP contribution in [0, 0.1) is 6.92 Å². The molecule has 1 aromatic rings. The summed E-state index contributed by atoms with van der Waals surface area (Å²) in [5, 5.41) is 0. The Kier molecular flexibility index (Phi) is 9.14. The number of carbonyl (C=O) groups excluding carboxylic acids is 2. The summed E-state index contributed by atoms with van der Waals surface area (Å²) in [5.74, 6) is 0.121. The zero-order valence-electron chi connectivity index (χ0n) is 20.0. The number of nitrogen functional groups attached to an aromatic ring is 1. The van der Waals surface area contributed by atoms with Crippen molar-refractivity contribution in [2.75, 3.05) is 52.3 Å². The summed E-state index contributed by atoms with van der Waals surface area (Å²) in [5.41, 5.74) is 10.7. The smallest absolute Gasteiger partial charge is 0.341 e. The molecule has 1 saturated heterocycles. The summed E-state index contributed by atoms with van der Waals surface area (Å²) in [7, 11) is 1.60. The normalized spacial score (nSPS) is 16.5. The van der Waals surface area contributed by atoms with Gasteiger partial charge in [-0.05, 0) is 51.6 Å². The highest BCUT2D eigenvalue weighted by atomic mass is 16.5. The molecule has 8 nitrogen and oxygen atoms in total. The number of hydrogen-bond donors (Lipinski definition) is 1. The van der Waals surface area contributed by atoms with Gasteiger partial charge >= 0.3 is 11.9 Å². The first-order valence-corrected chi connectivity index (χ1v) is 11.7. The number of ether oxygens (including phenoxy) is 4. The predicted molar refractivity (Wildman–Crippen MR) is 125 cm³/mol. The van der Waals surface area contributed by atoms with Crippen molar-refractivity contribution in [3.05, 3.63) is 33.9 Å². The molecule has 3 rings (SSSR count). The van der Waals surface area contributed by atoms with Crippen molar-refractivity contribution in [2.45, 2.75) is 52.6 Å². The van der Waals surface area contributed by atoms with Crippen LogP contribution < -0.4 is 10.5 Å². The van der Waals surface area contributed by atoms with E-state index in [-0.39, 0.29) is 18.5 Å². The predicted octanol–water partition coefficient (Wildman–Crippen LogP) is 3.18. The molecular weight excluding hydrogens is 424 g/mol. The summed E-state index contributed by atoms with van der Waals surface area (Å²) >= 11 is 0. The van der Waals surface area contributed by atoms with Crippen molar-refractivity contribution < 1.29 is 28.5 Å². The van der Waals surface area contributed by atoms with E-state index >= 15 is 0 Å². The maximum Gasteiger partial charge on any atom is 0.341 e. The van der Waals surface area contributed by atoms with Gasteiger partial charge in [0.25, 0.3) is 0 Å². The second-order valence-electron chi connectivity index (χ2n) is 8.62. The molecule has 2 heterocycles. The third-order valence-electron chi connectivity index (χ3n) is 6.33. The summed E-state index contributed by atoms with van der Waals surface area (Å²) in [6.45, 7) is 9.18. The van der Waals surface area contributed by atoms with Crippen LogP contribution in [-0.2, 0) is 32.0 Å². The number of cyclic esters (lactones) is 1. The van der Waals surface area contributed by atoms with Gasteiger partial charge in [-0.3, -0.25) is 9.69 Å². The molecular formula is C25H36N2O6. The Hall–Kier alpha value is -2.58. The minimum Gasteiger partial charge on any atom is -0.496 e. The molecule has 2 aliphatic rings. The molecule has 1 fully saturated rings. The van der Waals surface area contributed by atoms with E-state index in [1.807, 2.05) is 19.9 Å². The summed E-state index contributed by atoms with van der Waals surface area (Å²) < 4.78 is 21.5. The Labute approximate surface area is 196 Å². The van der Waals surface area contributed by atoms with Crippen LogP contribution >= 0.6 is 0 Å². The van der Waals surface area contributed by atoms with Crippen LogP contribution in [0.4, 0.5) is 5.69 Å². The van der Waals surface area contributed by atoms with Gasteiger partial charge in [-0.15, -0.1) is 0 Å². The third-order valence-corrected chi connectivity index (χ3v) is 6.33. The summed E-state index contributed by atoms with van der Waals surface area (Å²) in [6, 6.07) is 0. The number of rotatable bonds is 11. The maximum atomic E-state index is 12.1. The van der Waals surface area contributed by atoms with Crippen LogP contribution in [0.3, 0.4) is 0 Å². The third kappa shape index (κ3) is 6.48. The fraction of sp³-hybridized carbons (Fsp3) is 0.600. The minimum atomic E-state index is -0.386. The monoisotopic (exact) mass is 460 g/mol. The highest BCUT2D eigenvalue weighted by Crippen LogP contribution is 2.39. The topological polar surface area (TPSA) is 100 Å². The largest absolute Gasteiger partial charge is 0.496 e. The van der Waals surface area contributed by atoms with Crippen molar-refractivity contribution in [1.82, 2.24) is 4.90 Å². The molecule has 0 atom stereocenters. The molecule has 0 radical (unpaired) electrons. The molecule has 2 N–H and O–H groups in total. The lowest BCUT2D eigenvalue weighted by molar-refractivity contribution is -0.143. The first-order valence-electron chi connectivity index (χ1n) is 11.7. The van der Waals surface area contributed by atoms with Gasteiger partial charge in [-0.2, -0.15) is 0 Å². The van der Waals surface area contributed by atoms with E-state index in [4.69, 9.17) is 24.7 Å². The standard InChI is InChI=1S/C25H36N2O6/c1-17(7-9-21(28)32-13-5-4-10-27-11-14-31-15-12-27)6-8-19-23(26)22-20(16-33-25(22)29)18(2)24(19)30-3/h6H,4-5,7-16,26H2,1-3H3. The average Bonchev–Trinajstić information content (AvgIpc) is 3.21. The van der Waals surface area contributed by atoms with E-state index < -0.39 is 0 Å². The molecule has 0 saturated carbocycles. The number of unbranched alkanes of at least 4 members (excludes halogenated alkanes) is 1. The summed E-state index contributed by atoms with van der Waals surface area (Å²) in [6.07, 6.45) is 5.38. The number of carbonyl (C=O) groups is 2. The van der Waals surface area contributed by atoms with Crippen LogP contribution in [-0.4, -0.2) is 63.4 Å². The fourth-order valence-electron chi connectivity index (χ4n) is 4.29. The van der Waals surface area contributed by atoms with E-state index in [1.54, 1.807) is 7.11 Å². The van der Waals surface area contributed by atoms with Crippen LogP contribution in [0.2, 0.25) is 0 Å². The second kappa shape index (κ2) is 12.0. The van der Waals surface area contributed by atoms with Crippen LogP contribution in [0.1, 0.15) is 59.7 Å². The first-order chi connectivity index (χ1) is 15.9. The highest BCUT2D eigenvalue weighted by Gasteiger charge is 2.30. The molecule has 33 heavy (non-hydrogen) atoms. The van der Waals surface area contributed by atoms with Gasteiger partial charge in [0, 0.05) is 30.6 Å². The number of morpholine rings is 1. The Balaban J connectivity index is 1.44. The van der Waals surface area contributed by atoms with Crippen LogP contribution in [0.25, 0.3) is 0 Å². The van der Waals surface area contributed by atoms with Gasteiger partial charge in [0.1, 0.15) is 12.4 Å². The SMILES string of the molecule is COc1c(C)c2c(c(N)c1CC=C(C)CCC(=O)OCCCCN1CCOCC1)C(=O)OC2. The van der Waals surface area contributed by atoms with Crippen molar-refractivity contribution in [2.24, 2.45) is 0 Å². The number of hydrogen-bond acceptors (Lipinski definition) is 8. The van der Waals surface area contributed by atoms with E-state index in [9.17, 15) is 9.59 Å². The van der Waals surface area contributed by atoms with Gasteiger partial charge in [0.05, 0.1) is 38.2 Å². The number of anilines is 1. The Morgan fingerprint density at radius 2 is 1.97 bits per heavy atom. The zero-order valence-corrected chi connectivity index (χ0v) is 20.0. The van der Waals surface area contributed by atoms with Crippen LogP contribution in [0.5, 0.6) is 5.75 Å². The zero-order chi connectivity index (χ0) is 23.8. The average molecular weight is 461 g/mol. The number of fused-ring (bicyclic) bond motifs is 1.